The van der Waals surface area contributed by atoms with Crippen LogP contribution in [0.2, 0.25) is 0 Å². The van der Waals surface area contributed by atoms with Gasteiger partial charge >= 0.3 is 0 Å². The second kappa shape index (κ2) is 5.87. The number of sulfonamides is 1. The molecule has 1 aliphatic heterocycles. The summed E-state index contributed by atoms with van der Waals surface area (Å²) in [5.74, 6) is -0.499. The zero-order valence-electron chi connectivity index (χ0n) is 11.1. The second-order valence-electron chi connectivity index (χ2n) is 4.95. The molecule has 0 spiro atoms. The Kier molecular flexibility index (Phi) is 4.38. The molecular formula is C13H16FN3O2S. The van der Waals surface area contributed by atoms with Gasteiger partial charge in [0.2, 0.25) is 10.0 Å². The topological polar surface area (TPSA) is 82.0 Å². The molecule has 20 heavy (non-hydrogen) atoms. The van der Waals surface area contributed by atoms with Crippen molar-refractivity contribution in [2.75, 3.05) is 13.1 Å². The molecule has 1 fully saturated rings. The van der Waals surface area contributed by atoms with Gasteiger partial charge in [-0.25, -0.2) is 17.5 Å². The number of piperidine rings is 1. The van der Waals surface area contributed by atoms with Crippen LogP contribution < -0.4 is 10.0 Å². The van der Waals surface area contributed by atoms with Crippen molar-refractivity contribution in [3.05, 3.63) is 29.6 Å². The lowest BCUT2D eigenvalue weighted by atomic mass is 9.96. The monoisotopic (exact) mass is 297 g/mol. The van der Waals surface area contributed by atoms with E-state index >= 15 is 0 Å². The molecule has 108 valence electrons. The van der Waals surface area contributed by atoms with Crippen molar-refractivity contribution in [3.63, 3.8) is 0 Å². The lowest BCUT2D eigenvalue weighted by molar-refractivity contribution is 0.327. The van der Waals surface area contributed by atoms with Gasteiger partial charge in [-0.2, -0.15) is 5.26 Å². The molecule has 2 atom stereocenters. The highest BCUT2D eigenvalue weighted by Crippen LogP contribution is 2.18. The van der Waals surface area contributed by atoms with E-state index in [2.05, 4.69) is 10.0 Å². The van der Waals surface area contributed by atoms with Crippen LogP contribution in [-0.2, 0) is 10.0 Å². The molecule has 0 bridgehead atoms. The molecule has 5 nitrogen and oxygen atoms in total. The predicted molar refractivity (Wildman–Crippen MR) is 71.9 cm³/mol. The standard InChI is InChI=1S/C13H16FN3O2S/c1-9-4-5-16-8-13(9)17-20(18,19)11-2-3-12(14)10(6-11)7-15/h2-3,6,9,13,16-17H,4-5,8H2,1H3. The highest BCUT2D eigenvalue weighted by Gasteiger charge is 2.27. The van der Waals surface area contributed by atoms with E-state index in [1.54, 1.807) is 6.07 Å². The molecule has 1 heterocycles. The Morgan fingerprint density at radius 3 is 2.90 bits per heavy atom. The van der Waals surface area contributed by atoms with Crippen LogP contribution in [0.4, 0.5) is 4.39 Å². The number of nitriles is 1. The van der Waals surface area contributed by atoms with E-state index in [0.29, 0.717) is 6.54 Å². The van der Waals surface area contributed by atoms with Crippen LogP contribution in [0.25, 0.3) is 0 Å². The summed E-state index contributed by atoms with van der Waals surface area (Å²) < 4.78 is 40.4. The van der Waals surface area contributed by atoms with Crippen LogP contribution in [0.1, 0.15) is 18.9 Å². The van der Waals surface area contributed by atoms with E-state index in [9.17, 15) is 12.8 Å². The number of rotatable bonds is 3. The predicted octanol–water partition coefficient (Wildman–Crippen LogP) is 0.974. The van der Waals surface area contributed by atoms with Crippen molar-refractivity contribution in [2.45, 2.75) is 24.3 Å². The van der Waals surface area contributed by atoms with Gasteiger partial charge in [-0.05, 0) is 37.1 Å². The zero-order chi connectivity index (χ0) is 14.8. The fourth-order valence-electron chi connectivity index (χ4n) is 2.17. The van der Waals surface area contributed by atoms with Crippen molar-refractivity contribution in [1.29, 1.82) is 5.26 Å². The third-order valence-electron chi connectivity index (χ3n) is 3.50. The van der Waals surface area contributed by atoms with Crippen molar-refractivity contribution in [2.24, 2.45) is 5.92 Å². The van der Waals surface area contributed by atoms with E-state index in [1.807, 2.05) is 6.92 Å². The van der Waals surface area contributed by atoms with E-state index < -0.39 is 15.8 Å². The first-order valence-corrected chi connectivity index (χ1v) is 7.85. The summed E-state index contributed by atoms with van der Waals surface area (Å²) in [6, 6.07) is 4.65. The molecule has 1 aromatic carbocycles. The quantitative estimate of drug-likeness (QED) is 0.871. The number of hydrogen-bond acceptors (Lipinski definition) is 4. The number of benzene rings is 1. The summed E-state index contributed by atoms with van der Waals surface area (Å²) in [7, 11) is -3.75. The van der Waals surface area contributed by atoms with Gasteiger partial charge in [0.1, 0.15) is 11.9 Å². The minimum absolute atomic E-state index is 0.0896. The Morgan fingerprint density at radius 2 is 2.25 bits per heavy atom. The van der Waals surface area contributed by atoms with Gasteiger partial charge in [0.25, 0.3) is 0 Å². The van der Waals surface area contributed by atoms with Gasteiger partial charge in [0.05, 0.1) is 10.5 Å². The minimum Gasteiger partial charge on any atom is -0.315 e. The first kappa shape index (κ1) is 14.9. The normalized spacial score (nSPS) is 23.2. The third-order valence-corrected chi connectivity index (χ3v) is 4.99. The van der Waals surface area contributed by atoms with Gasteiger partial charge < -0.3 is 5.32 Å². The summed E-state index contributed by atoms with van der Waals surface area (Å²) in [4.78, 5) is -0.0896. The van der Waals surface area contributed by atoms with Crippen molar-refractivity contribution < 1.29 is 12.8 Å². The Bertz CT molecular complexity index is 640. The van der Waals surface area contributed by atoms with E-state index in [1.165, 1.54) is 6.07 Å². The molecule has 1 aromatic rings. The number of nitrogens with one attached hydrogen (secondary N) is 2. The van der Waals surface area contributed by atoms with Crippen LogP contribution in [-0.4, -0.2) is 27.5 Å². The van der Waals surface area contributed by atoms with Gasteiger partial charge in [0, 0.05) is 12.6 Å². The molecular weight excluding hydrogens is 281 g/mol. The highest BCUT2D eigenvalue weighted by molar-refractivity contribution is 7.89. The van der Waals surface area contributed by atoms with E-state index in [0.717, 1.165) is 25.1 Å². The van der Waals surface area contributed by atoms with E-state index in [4.69, 9.17) is 5.26 Å². The molecule has 0 amide bonds. The molecule has 2 rings (SSSR count). The fourth-order valence-corrected chi connectivity index (χ4v) is 3.54. The average molecular weight is 297 g/mol. The average Bonchev–Trinajstić information content (AvgIpc) is 2.41. The van der Waals surface area contributed by atoms with E-state index in [-0.39, 0.29) is 22.4 Å². The van der Waals surface area contributed by atoms with Crippen LogP contribution in [0.5, 0.6) is 0 Å². The summed E-state index contributed by atoms with van der Waals surface area (Å²) in [5.41, 5.74) is -0.275. The molecule has 2 unspecified atom stereocenters. The lowest BCUT2D eigenvalue weighted by Crippen LogP contribution is -2.50. The maximum atomic E-state index is 13.2. The first-order chi connectivity index (χ1) is 9.44. The number of halogens is 1. The molecule has 1 saturated heterocycles. The third kappa shape index (κ3) is 3.15. The Balaban J connectivity index is 2.24. The number of nitrogens with zero attached hydrogens (tertiary/aromatic N) is 1. The van der Waals surface area contributed by atoms with Crippen molar-refractivity contribution in [3.8, 4) is 6.07 Å². The highest BCUT2D eigenvalue weighted by atomic mass is 32.2. The Morgan fingerprint density at radius 1 is 1.50 bits per heavy atom. The summed E-state index contributed by atoms with van der Waals surface area (Å²) in [5, 5.41) is 11.9. The van der Waals surface area contributed by atoms with Crippen LogP contribution in [0.3, 0.4) is 0 Å². The first-order valence-electron chi connectivity index (χ1n) is 6.37. The minimum atomic E-state index is -3.75. The molecule has 2 N–H and O–H groups in total. The Labute approximate surface area is 117 Å². The molecule has 1 aliphatic rings. The van der Waals surface area contributed by atoms with Crippen LogP contribution in [0, 0.1) is 23.1 Å². The molecule has 0 radical (unpaired) electrons. The van der Waals surface area contributed by atoms with Gasteiger partial charge in [-0.1, -0.05) is 6.92 Å². The van der Waals surface area contributed by atoms with Crippen LogP contribution >= 0.6 is 0 Å². The van der Waals surface area contributed by atoms with Crippen LogP contribution in [0.15, 0.2) is 23.1 Å². The van der Waals surface area contributed by atoms with Gasteiger partial charge in [-0.3, -0.25) is 0 Å². The zero-order valence-corrected chi connectivity index (χ0v) is 11.9. The summed E-state index contributed by atoms with van der Waals surface area (Å²) >= 11 is 0. The number of hydrogen-bond donors (Lipinski definition) is 2. The molecule has 7 heteroatoms. The fraction of sp³-hybridized carbons (Fsp3) is 0.462. The largest absolute Gasteiger partial charge is 0.315 e. The lowest BCUT2D eigenvalue weighted by Gasteiger charge is -2.29. The maximum absolute atomic E-state index is 13.2. The van der Waals surface area contributed by atoms with Gasteiger partial charge in [-0.15, -0.1) is 0 Å². The van der Waals surface area contributed by atoms with Crippen molar-refractivity contribution >= 4 is 10.0 Å². The smallest absolute Gasteiger partial charge is 0.240 e. The Hall–Kier alpha value is -1.49. The molecule has 0 saturated carbocycles. The van der Waals surface area contributed by atoms with Gasteiger partial charge in [0.15, 0.2) is 0 Å². The molecule has 0 aromatic heterocycles. The summed E-state index contributed by atoms with van der Waals surface area (Å²) in [6.45, 7) is 3.42. The summed E-state index contributed by atoms with van der Waals surface area (Å²) in [6.07, 6.45) is 0.889. The second-order valence-corrected chi connectivity index (χ2v) is 6.67. The molecule has 0 aliphatic carbocycles. The van der Waals surface area contributed by atoms with Crippen molar-refractivity contribution in [1.82, 2.24) is 10.0 Å². The maximum Gasteiger partial charge on any atom is 0.240 e. The SMILES string of the molecule is CC1CCNCC1NS(=O)(=O)c1ccc(F)c(C#N)c1.